The molecule has 6 nitrogen and oxygen atoms in total. The summed E-state index contributed by atoms with van der Waals surface area (Å²) in [5.41, 5.74) is 0.538. The topological polar surface area (TPSA) is 92.3 Å². The highest BCUT2D eigenvalue weighted by molar-refractivity contribution is 7.89. The lowest BCUT2D eigenvalue weighted by Crippen LogP contribution is -2.42. The van der Waals surface area contributed by atoms with Crippen molar-refractivity contribution in [1.29, 1.82) is 0 Å². The summed E-state index contributed by atoms with van der Waals surface area (Å²) in [5.74, 6) is -0.135. The first kappa shape index (κ1) is 18.1. The summed E-state index contributed by atoms with van der Waals surface area (Å²) in [6.07, 6.45) is 7.13. The summed E-state index contributed by atoms with van der Waals surface area (Å²) in [5, 5.41) is 2.88. The lowest BCUT2D eigenvalue weighted by Gasteiger charge is -2.22. The number of benzene rings is 1. The minimum absolute atomic E-state index is 0.0605. The van der Waals surface area contributed by atoms with Gasteiger partial charge in [0.1, 0.15) is 0 Å². The number of carbonyl (C=O) groups is 2. The molecular weight excluding hydrogens is 340 g/mol. The van der Waals surface area contributed by atoms with E-state index < -0.39 is 10.0 Å². The van der Waals surface area contributed by atoms with Gasteiger partial charge < -0.3 is 5.32 Å². The summed E-state index contributed by atoms with van der Waals surface area (Å²) in [7, 11) is -3.77. The fraction of sp³-hybridized carbons (Fsp3) is 0.556. The van der Waals surface area contributed by atoms with E-state index in [9.17, 15) is 18.0 Å². The molecule has 2 N–H and O–H groups in total. The average molecular weight is 364 g/mol. The fourth-order valence-electron chi connectivity index (χ4n) is 3.15. The molecule has 3 rings (SSSR count). The molecule has 0 bridgehead atoms. The van der Waals surface area contributed by atoms with E-state index in [1.807, 2.05) is 0 Å². The van der Waals surface area contributed by atoms with E-state index in [1.54, 1.807) is 0 Å². The highest BCUT2D eigenvalue weighted by Crippen LogP contribution is 2.32. The van der Waals surface area contributed by atoms with E-state index in [0.717, 1.165) is 38.5 Å². The van der Waals surface area contributed by atoms with E-state index in [4.69, 9.17) is 0 Å². The lowest BCUT2D eigenvalue weighted by atomic mass is 9.95. The van der Waals surface area contributed by atoms with Gasteiger partial charge in [-0.05, 0) is 37.8 Å². The Labute approximate surface area is 148 Å². The first-order valence-corrected chi connectivity index (χ1v) is 10.4. The largest absolute Gasteiger partial charge is 0.352 e. The van der Waals surface area contributed by atoms with Crippen LogP contribution in [0.3, 0.4) is 0 Å². The van der Waals surface area contributed by atoms with Gasteiger partial charge in [0.05, 0.1) is 11.4 Å². The molecule has 2 aliphatic rings. The zero-order valence-corrected chi connectivity index (χ0v) is 15.0. The smallest absolute Gasteiger partial charge is 0.241 e. The molecule has 0 unspecified atom stereocenters. The van der Waals surface area contributed by atoms with Crippen LogP contribution in [0.25, 0.3) is 0 Å². The Morgan fingerprint density at radius 1 is 0.960 bits per heavy atom. The Kier molecular flexibility index (Phi) is 5.54. The fourth-order valence-corrected chi connectivity index (χ4v) is 4.13. The maximum absolute atomic E-state index is 12.3. The van der Waals surface area contributed by atoms with Crippen LogP contribution in [-0.4, -0.2) is 32.7 Å². The second-order valence-corrected chi connectivity index (χ2v) is 8.66. The molecule has 0 spiro atoms. The third kappa shape index (κ3) is 4.89. The second-order valence-electron chi connectivity index (χ2n) is 6.89. The molecule has 25 heavy (non-hydrogen) atoms. The van der Waals surface area contributed by atoms with Gasteiger partial charge in [-0.1, -0.05) is 31.4 Å². The highest BCUT2D eigenvalue weighted by Gasteiger charge is 2.30. The van der Waals surface area contributed by atoms with E-state index in [2.05, 4.69) is 10.0 Å². The molecular formula is C18H24N2O4S. The van der Waals surface area contributed by atoms with Gasteiger partial charge in [0.2, 0.25) is 15.9 Å². The van der Waals surface area contributed by atoms with Crippen molar-refractivity contribution < 1.29 is 18.0 Å². The molecule has 0 heterocycles. The van der Waals surface area contributed by atoms with Gasteiger partial charge in [0.15, 0.2) is 5.78 Å². The van der Waals surface area contributed by atoms with E-state index in [1.165, 1.54) is 30.7 Å². The van der Waals surface area contributed by atoms with Crippen LogP contribution in [-0.2, 0) is 14.8 Å². The van der Waals surface area contributed by atoms with Crippen molar-refractivity contribution in [2.24, 2.45) is 5.92 Å². The van der Waals surface area contributed by atoms with Crippen molar-refractivity contribution in [2.75, 3.05) is 6.54 Å². The van der Waals surface area contributed by atoms with Gasteiger partial charge in [-0.25, -0.2) is 13.1 Å². The van der Waals surface area contributed by atoms with Gasteiger partial charge in [0.25, 0.3) is 0 Å². The number of carbonyl (C=O) groups excluding carboxylic acids is 2. The normalized spacial score (nSPS) is 18.7. The van der Waals surface area contributed by atoms with Crippen molar-refractivity contribution in [1.82, 2.24) is 10.0 Å². The van der Waals surface area contributed by atoms with E-state index in [0.29, 0.717) is 5.56 Å². The number of hydrogen-bond donors (Lipinski definition) is 2. The maximum atomic E-state index is 12.3. The number of rotatable bonds is 7. The van der Waals surface area contributed by atoms with Crippen LogP contribution in [0.2, 0.25) is 0 Å². The monoisotopic (exact) mass is 364 g/mol. The van der Waals surface area contributed by atoms with Crippen LogP contribution in [0, 0.1) is 5.92 Å². The minimum Gasteiger partial charge on any atom is -0.352 e. The first-order valence-electron chi connectivity index (χ1n) is 8.89. The molecule has 1 amide bonds. The molecule has 7 heteroatoms. The summed E-state index contributed by atoms with van der Waals surface area (Å²) in [6.45, 7) is -0.276. The molecule has 1 aromatic rings. The van der Waals surface area contributed by atoms with Crippen molar-refractivity contribution in [2.45, 2.75) is 55.9 Å². The Bertz CT molecular complexity index is 733. The van der Waals surface area contributed by atoms with Crippen LogP contribution in [0.5, 0.6) is 0 Å². The Morgan fingerprint density at radius 2 is 1.60 bits per heavy atom. The molecule has 0 radical (unpaired) electrons. The number of Topliss-reactive ketones (excluding diaryl/α,β-unsaturated/α-hetero) is 1. The Hall–Kier alpha value is -1.73. The molecule has 0 saturated heterocycles. The van der Waals surface area contributed by atoms with Gasteiger partial charge in [0, 0.05) is 17.5 Å². The maximum Gasteiger partial charge on any atom is 0.241 e. The van der Waals surface area contributed by atoms with Crippen LogP contribution >= 0.6 is 0 Å². The van der Waals surface area contributed by atoms with E-state index in [-0.39, 0.29) is 35.1 Å². The number of amides is 1. The molecule has 2 fully saturated rings. The molecule has 136 valence electrons. The van der Waals surface area contributed by atoms with Gasteiger partial charge in [-0.15, -0.1) is 0 Å². The standard InChI is InChI=1S/C18H24N2O4S/c21-17(20-15-4-2-1-3-5-15)12-19-25(23,24)16-10-8-14(9-11-16)18(22)13-6-7-13/h8-11,13,15,19H,1-7,12H2,(H,20,21). The summed E-state index contributed by atoms with van der Waals surface area (Å²) >= 11 is 0. The van der Waals surface area contributed by atoms with Gasteiger partial charge in [-0.2, -0.15) is 0 Å². The molecule has 1 aromatic carbocycles. The summed E-state index contributed by atoms with van der Waals surface area (Å²) in [4.78, 5) is 23.9. The van der Waals surface area contributed by atoms with Crippen molar-refractivity contribution in [3.8, 4) is 0 Å². The zero-order chi connectivity index (χ0) is 17.9. The SMILES string of the molecule is O=C(CNS(=O)(=O)c1ccc(C(=O)C2CC2)cc1)NC1CCCCC1. The summed E-state index contributed by atoms with van der Waals surface area (Å²) in [6, 6.07) is 6.06. The zero-order valence-electron chi connectivity index (χ0n) is 14.2. The first-order chi connectivity index (χ1) is 12.0. The second kappa shape index (κ2) is 7.66. The molecule has 2 aliphatic carbocycles. The number of nitrogens with one attached hydrogen (secondary N) is 2. The van der Waals surface area contributed by atoms with Crippen LogP contribution in [0.15, 0.2) is 29.2 Å². The highest BCUT2D eigenvalue weighted by atomic mass is 32.2. The van der Waals surface area contributed by atoms with Crippen molar-refractivity contribution in [3.05, 3.63) is 29.8 Å². The van der Waals surface area contributed by atoms with Gasteiger partial charge in [-0.3, -0.25) is 9.59 Å². The number of hydrogen-bond acceptors (Lipinski definition) is 4. The summed E-state index contributed by atoms with van der Waals surface area (Å²) < 4.78 is 26.9. The molecule has 0 aliphatic heterocycles. The predicted octanol–water partition coefficient (Wildman–Crippen LogP) is 2.01. The number of sulfonamides is 1. The van der Waals surface area contributed by atoms with Gasteiger partial charge >= 0.3 is 0 Å². The quantitative estimate of drug-likeness (QED) is 0.724. The minimum atomic E-state index is -3.77. The molecule has 2 saturated carbocycles. The number of ketones is 1. The van der Waals surface area contributed by atoms with Crippen LogP contribution in [0.1, 0.15) is 55.3 Å². The Balaban J connectivity index is 1.53. The molecule has 0 atom stereocenters. The van der Waals surface area contributed by atoms with Crippen molar-refractivity contribution >= 4 is 21.7 Å². The third-order valence-corrected chi connectivity index (χ3v) is 6.21. The third-order valence-electron chi connectivity index (χ3n) is 4.79. The average Bonchev–Trinajstić information content (AvgIpc) is 3.46. The molecule has 0 aromatic heterocycles. The predicted molar refractivity (Wildman–Crippen MR) is 93.7 cm³/mol. The van der Waals surface area contributed by atoms with Crippen LogP contribution in [0.4, 0.5) is 0 Å². The van der Waals surface area contributed by atoms with E-state index >= 15 is 0 Å². The van der Waals surface area contributed by atoms with Crippen LogP contribution < -0.4 is 10.0 Å². The lowest BCUT2D eigenvalue weighted by molar-refractivity contribution is -0.120. The Morgan fingerprint density at radius 3 is 2.20 bits per heavy atom. The van der Waals surface area contributed by atoms with Crippen molar-refractivity contribution in [3.63, 3.8) is 0 Å².